The molecular formula is C30H36N4O3. The Hall–Kier alpha value is -3.45. The molecule has 3 aliphatic heterocycles. The van der Waals surface area contributed by atoms with E-state index < -0.39 is 5.54 Å². The fraction of sp³-hybridized carbons (Fsp3) is 0.433. The number of phenolic OH excluding ortho intramolecular Hbond substituents is 1. The number of nitrogens with one attached hydrogen (secondary N) is 1. The van der Waals surface area contributed by atoms with Crippen LogP contribution in [-0.4, -0.2) is 69.5 Å². The molecule has 0 aliphatic carbocycles. The normalized spacial score (nSPS) is 24.0. The Morgan fingerprint density at radius 3 is 2.70 bits per heavy atom. The Kier molecular flexibility index (Phi) is 5.91. The molecule has 0 unspecified atom stereocenters. The van der Waals surface area contributed by atoms with Gasteiger partial charge in [-0.25, -0.2) is 0 Å². The molecule has 0 saturated carbocycles. The minimum absolute atomic E-state index is 0.101. The number of phenols is 1. The Labute approximate surface area is 218 Å². The number of carbonyl (C=O) groups is 1. The highest BCUT2D eigenvalue weighted by atomic mass is 16.5. The Morgan fingerprint density at radius 2 is 1.95 bits per heavy atom. The van der Waals surface area contributed by atoms with Crippen molar-refractivity contribution in [3.8, 4) is 11.5 Å². The molecule has 0 radical (unpaired) electrons. The Bertz CT molecular complexity index is 1360. The number of hydrogen-bond acceptors (Lipinski definition) is 5. The third kappa shape index (κ3) is 3.87. The van der Waals surface area contributed by atoms with Gasteiger partial charge in [0, 0.05) is 29.6 Å². The molecule has 2 aromatic carbocycles. The molecule has 2 saturated heterocycles. The van der Waals surface area contributed by atoms with Crippen LogP contribution in [0.2, 0.25) is 0 Å². The summed E-state index contributed by atoms with van der Waals surface area (Å²) in [5.41, 5.74) is 3.32. The zero-order valence-electron chi connectivity index (χ0n) is 21.8. The van der Waals surface area contributed by atoms with Crippen LogP contribution < -0.4 is 4.74 Å². The molecule has 2 fully saturated rings. The number of rotatable bonds is 6. The summed E-state index contributed by atoms with van der Waals surface area (Å²) in [6.45, 7) is 10.5. The second-order valence-electron chi connectivity index (χ2n) is 10.9. The van der Waals surface area contributed by atoms with Gasteiger partial charge in [0.05, 0.1) is 13.2 Å². The molecule has 0 bridgehead atoms. The number of ether oxygens (including phenoxy) is 1. The molecule has 3 aliphatic rings. The fourth-order valence-electron chi connectivity index (χ4n) is 6.67. The smallest absolute Gasteiger partial charge is 0.254 e. The van der Waals surface area contributed by atoms with E-state index in [1.54, 1.807) is 19.2 Å². The van der Waals surface area contributed by atoms with Crippen molar-refractivity contribution in [2.45, 2.75) is 50.6 Å². The van der Waals surface area contributed by atoms with E-state index in [2.05, 4.69) is 21.4 Å². The van der Waals surface area contributed by atoms with Gasteiger partial charge in [-0.2, -0.15) is 0 Å². The van der Waals surface area contributed by atoms with Crippen LogP contribution >= 0.6 is 0 Å². The SMILES string of the molecule is C=C1N(CCCN2CCCCC2)C(=O)[C@]2(C)Cc3c([nH]c4ccc(OC)cc34)[C@@H](c3cccc(O)c3)N12. The van der Waals surface area contributed by atoms with Crippen LogP contribution in [0.15, 0.2) is 54.9 Å². The van der Waals surface area contributed by atoms with Crippen LogP contribution in [0.1, 0.15) is 55.5 Å². The molecule has 2 atom stereocenters. The first-order chi connectivity index (χ1) is 17.9. The number of carbonyl (C=O) groups excluding carboxylic acids is 1. The fourth-order valence-corrected chi connectivity index (χ4v) is 6.67. The predicted octanol–water partition coefficient (Wildman–Crippen LogP) is 4.78. The summed E-state index contributed by atoms with van der Waals surface area (Å²) in [6.07, 6.45) is 5.36. The van der Waals surface area contributed by atoms with Gasteiger partial charge in [-0.3, -0.25) is 9.69 Å². The summed E-state index contributed by atoms with van der Waals surface area (Å²) in [6, 6.07) is 13.1. The molecule has 4 heterocycles. The summed E-state index contributed by atoms with van der Waals surface area (Å²) in [5, 5.41) is 11.4. The van der Waals surface area contributed by atoms with Crippen molar-refractivity contribution < 1.29 is 14.6 Å². The van der Waals surface area contributed by atoms with Crippen LogP contribution in [0.25, 0.3) is 10.9 Å². The lowest BCUT2D eigenvalue weighted by Crippen LogP contribution is -2.52. The molecule has 194 valence electrons. The van der Waals surface area contributed by atoms with Crippen LogP contribution in [0.3, 0.4) is 0 Å². The number of piperidine rings is 1. The van der Waals surface area contributed by atoms with E-state index in [9.17, 15) is 9.90 Å². The van der Waals surface area contributed by atoms with Crippen molar-refractivity contribution in [2.75, 3.05) is 33.3 Å². The number of fused-ring (bicyclic) bond motifs is 4. The summed E-state index contributed by atoms with van der Waals surface area (Å²) in [7, 11) is 1.67. The highest BCUT2D eigenvalue weighted by Crippen LogP contribution is 2.51. The minimum atomic E-state index is -0.774. The molecule has 7 heteroatoms. The van der Waals surface area contributed by atoms with Crippen LogP contribution in [-0.2, 0) is 11.2 Å². The summed E-state index contributed by atoms with van der Waals surface area (Å²) < 4.78 is 5.52. The maximum Gasteiger partial charge on any atom is 0.254 e. The van der Waals surface area contributed by atoms with Gasteiger partial charge < -0.3 is 24.6 Å². The predicted molar refractivity (Wildman–Crippen MR) is 145 cm³/mol. The van der Waals surface area contributed by atoms with Gasteiger partial charge >= 0.3 is 0 Å². The zero-order chi connectivity index (χ0) is 25.7. The van der Waals surface area contributed by atoms with E-state index >= 15 is 0 Å². The van der Waals surface area contributed by atoms with Gasteiger partial charge in [-0.05, 0) is 87.3 Å². The number of nitrogens with zero attached hydrogens (tertiary/aromatic N) is 3. The number of H-pyrrole nitrogens is 1. The molecule has 1 aromatic heterocycles. The van der Waals surface area contributed by atoms with Crippen molar-refractivity contribution in [1.82, 2.24) is 19.7 Å². The third-order valence-corrected chi connectivity index (χ3v) is 8.52. The summed E-state index contributed by atoms with van der Waals surface area (Å²) >= 11 is 0. The highest BCUT2D eigenvalue weighted by molar-refractivity contribution is 5.94. The molecule has 3 aromatic rings. The van der Waals surface area contributed by atoms with Crippen molar-refractivity contribution in [1.29, 1.82) is 0 Å². The van der Waals surface area contributed by atoms with Crippen LogP contribution in [0.5, 0.6) is 11.5 Å². The maximum absolute atomic E-state index is 14.1. The van der Waals surface area contributed by atoms with E-state index in [4.69, 9.17) is 4.74 Å². The Morgan fingerprint density at radius 1 is 1.14 bits per heavy atom. The standard InChI is InChI=1S/C30H36N4O3/c1-20-33(16-8-15-32-13-5-4-6-14-32)29(36)30(2)19-25-24-18-23(37-3)11-12-26(24)31-27(25)28(34(20)30)21-9-7-10-22(35)17-21/h7,9-12,17-18,28,31,35H,1,4-6,8,13-16,19H2,2-3H3/t28-,30+/m1/s1. The zero-order valence-corrected chi connectivity index (χ0v) is 21.8. The second kappa shape index (κ2) is 9.14. The number of likely N-dealkylation sites (tertiary alicyclic amines) is 1. The molecular weight excluding hydrogens is 464 g/mol. The number of hydrogen-bond donors (Lipinski definition) is 2. The van der Waals surface area contributed by atoms with Crippen molar-refractivity contribution in [3.05, 3.63) is 71.7 Å². The van der Waals surface area contributed by atoms with Gasteiger partial charge in [-0.1, -0.05) is 25.1 Å². The van der Waals surface area contributed by atoms with E-state index in [1.165, 1.54) is 19.3 Å². The quantitative estimate of drug-likeness (QED) is 0.510. The number of aromatic hydroxyl groups is 1. The van der Waals surface area contributed by atoms with E-state index in [-0.39, 0.29) is 17.7 Å². The van der Waals surface area contributed by atoms with E-state index in [0.29, 0.717) is 13.0 Å². The molecule has 1 amide bonds. The first-order valence-corrected chi connectivity index (χ1v) is 13.4. The molecule has 6 rings (SSSR count). The lowest BCUT2D eigenvalue weighted by molar-refractivity contribution is -0.133. The molecule has 37 heavy (non-hydrogen) atoms. The van der Waals surface area contributed by atoms with E-state index in [1.807, 2.05) is 42.2 Å². The van der Waals surface area contributed by atoms with Gasteiger partial charge in [0.1, 0.15) is 22.9 Å². The van der Waals surface area contributed by atoms with Gasteiger partial charge in [0.15, 0.2) is 0 Å². The number of methoxy groups -OCH3 is 1. The molecule has 7 nitrogen and oxygen atoms in total. The van der Waals surface area contributed by atoms with Crippen molar-refractivity contribution in [3.63, 3.8) is 0 Å². The average molecular weight is 501 g/mol. The third-order valence-electron chi connectivity index (χ3n) is 8.52. The topological polar surface area (TPSA) is 72.0 Å². The van der Waals surface area contributed by atoms with Crippen molar-refractivity contribution >= 4 is 16.8 Å². The molecule has 2 N–H and O–H groups in total. The lowest BCUT2D eigenvalue weighted by Gasteiger charge is -2.44. The number of amides is 1. The lowest BCUT2D eigenvalue weighted by atomic mass is 9.81. The number of aromatic nitrogens is 1. The van der Waals surface area contributed by atoms with Gasteiger partial charge in [0.25, 0.3) is 5.91 Å². The first kappa shape index (κ1) is 23.9. The first-order valence-electron chi connectivity index (χ1n) is 13.4. The molecule has 0 spiro atoms. The minimum Gasteiger partial charge on any atom is -0.508 e. The summed E-state index contributed by atoms with van der Waals surface area (Å²) in [5.74, 6) is 1.83. The van der Waals surface area contributed by atoms with Gasteiger partial charge in [0.2, 0.25) is 0 Å². The average Bonchev–Trinajstić information content (AvgIpc) is 3.35. The van der Waals surface area contributed by atoms with Gasteiger partial charge in [-0.15, -0.1) is 0 Å². The summed E-state index contributed by atoms with van der Waals surface area (Å²) in [4.78, 5) is 24.4. The van der Waals surface area contributed by atoms with Crippen molar-refractivity contribution in [2.24, 2.45) is 0 Å². The second-order valence-corrected chi connectivity index (χ2v) is 10.9. The highest BCUT2D eigenvalue weighted by Gasteiger charge is 2.57. The van der Waals surface area contributed by atoms with Crippen LogP contribution in [0, 0.1) is 0 Å². The Balaban J connectivity index is 1.39. The van der Waals surface area contributed by atoms with E-state index in [0.717, 1.165) is 65.3 Å². The number of aromatic amines is 1. The number of benzene rings is 2. The van der Waals surface area contributed by atoms with Crippen LogP contribution in [0.4, 0.5) is 0 Å². The largest absolute Gasteiger partial charge is 0.508 e. The maximum atomic E-state index is 14.1. The monoisotopic (exact) mass is 500 g/mol.